The van der Waals surface area contributed by atoms with Gasteiger partial charge < -0.3 is 0 Å². The highest BCUT2D eigenvalue weighted by molar-refractivity contribution is 6.31. The van der Waals surface area contributed by atoms with Crippen molar-refractivity contribution in [2.24, 2.45) is 5.92 Å². The van der Waals surface area contributed by atoms with E-state index in [4.69, 9.17) is 11.6 Å². The Balaban J connectivity index is 1.89. The van der Waals surface area contributed by atoms with Crippen LogP contribution in [0.15, 0.2) is 48.7 Å². The van der Waals surface area contributed by atoms with Crippen molar-refractivity contribution in [3.8, 4) is 0 Å². The van der Waals surface area contributed by atoms with Gasteiger partial charge in [-0.2, -0.15) is 0 Å². The number of carbonyl (C=O) groups is 2. The Labute approximate surface area is 133 Å². The molecule has 112 valence electrons. The van der Waals surface area contributed by atoms with Gasteiger partial charge in [-0.25, -0.2) is 9.88 Å². The summed E-state index contributed by atoms with van der Waals surface area (Å²) in [6.45, 7) is 1.97. The summed E-state index contributed by atoms with van der Waals surface area (Å²) in [6.07, 6.45) is 1.69. The number of nitrogens with zero attached hydrogens (tertiary/aromatic N) is 2. The summed E-state index contributed by atoms with van der Waals surface area (Å²) in [5, 5.41) is 0.449. The molecule has 1 saturated heterocycles. The van der Waals surface area contributed by atoms with Crippen LogP contribution < -0.4 is 4.90 Å². The average Bonchev–Trinajstić information content (AvgIpc) is 2.82. The quantitative estimate of drug-likeness (QED) is 0.816. The first-order valence-electron chi connectivity index (χ1n) is 7.11. The highest BCUT2D eigenvalue weighted by Crippen LogP contribution is 2.35. The summed E-state index contributed by atoms with van der Waals surface area (Å²) in [4.78, 5) is 30.2. The Morgan fingerprint density at radius 1 is 1.23 bits per heavy atom. The number of benzene rings is 1. The van der Waals surface area contributed by atoms with Gasteiger partial charge in [0.1, 0.15) is 5.82 Å². The monoisotopic (exact) mass is 314 g/mol. The maximum Gasteiger partial charge on any atom is 0.239 e. The molecule has 0 aliphatic carbocycles. The van der Waals surface area contributed by atoms with Crippen LogP contribution in [0.5, 0.6) is 0 Å². The molecule has 1 aliphatic rings. The largest absolute Gasteiger partial charge is 0.274 e. The summed E-state index contributed by atoms with van der Waals surface area (Å²) in [5.74, 6) is -0.536. The lowest BCUT2D eigenvalue weighted by atomic mass is 9.86. The Morgan fingerprint density at radius 3 is 2.64 bits per heavy atom. The Bertz CT molecular complexity index is 718. The zero-order chi connectivity index (χ0) is 15.7. The van der Waals surface area contributed by atoms with Gasteiger partial charge in [-0.15, -0.1) is 0 Å². The summed E-state index contributed by atoms with van der Waals surface area (Å²) >= 11 is 5.92. The Morgan fingerprint density at radius 2 is 1.95 bits per heavy atom. The molecule has 2 amide bonds. The van der Waals surface area contributed by atoms with Gasteiger partial charge in [-0.05, 0) is 17.5 Å². The van der Waals surface area contributed by atoms with E-state index in [-0.39, 0.29) is 30.1 Å². The van der Waals surface area contributed by atoms with E-state index in [1.54, 1.807) is 6.07 Å². The first-order valence-corrected chi connectivity index (χ1v) is 7.49. The standard InChI is InChI=1S/C17H15ClN2O2/c1-11(12-5-3-2-4-6-12)14-10-16(21)20(17(14)22)15-9-13(18)7-8-19-15/h2-9,11,14H,10H2,1H3/t11-,14-/m0/s1. The van der Waals surface area contributed by atoms with Crippen LogP contribution in [0.3, 0.4) is 0 Å². The van der Waals surface area contributed by atoms with Gasteiger partial charge in [0.2, 0.25) is 11.8 Å². The van der Waals surface area contributed by atoms with Gasteiger partial charge in [0.05, 0.1) is 5.92 Å². The SMILES string of the molecule is C[C@@H](c1ccccc1)[C@@H]1CC(=O)N(c2cc(Cl)ccn2)C1=O. The lowest BCUT2D eigenvalue weighted by Gasteiger charge is -2.18. The molecular formula is C17H15ClN2O2. The molecular weight excluding hydrogens is 300 g/mol. The van der Waals surface area contributed by atoms with E-state index in [2.05, 4.69) is 4.98 Å². The third-order valence-corrected chi connectivity index (χ3v) is 4.28. The van der Waals surface area contributed by atoms with E-state index in [0.29, 0.717) is 10.8 Å². The van der Waals surface area contributed by atoms with Crippen LogP contribution in [0, 0.1) is 5.92 Å². The van der Waals surface area contributed by atoms with Crippen molar-refractivity contribution < 1.29 is 9.59 Å². The van der Waals surface area contributed by atoms with E-state index in [1.165, 1.54) is 12.3 Å². The zero-order valence-corrected chi connectivity index (χ0v) is 12.8. The topological polar surface area (TPSA) is 50.3 Å². The fourth-order valence-corrected chi connectivity index (χ4v) is 2.95. The molecule has 0 spiro atoms. The normalized spacial score (nSPS) is 19.5. The molecule has 0 radical (unpaired) electrons. The van der Waals surface area contributed by atoms with Gasteiger partial charge in [-0.3, -0.25) is 9.59 Å². The number of hydrogen-bond acceptors (Lipinski definition) is 3. The fourth-order valence-electron chi connectivity index (χ4n) is 2.79. The first kappa shape index (κ1) is 14.7. The van der Waals surface area contributed by atoms with E-state index in [0.717, 1.165) is 10.5 Å². The Kier molecular flexibility index (Phi) is 3.94. The van der Waals surface area contributed by atoms with Crippen LogP contribution in [0.1, 0.15) is 24.8 Å². The molecule has 1 aliphatic heterocycles. The van der Waals surface area contributed by atoms with Gasteiger partial charge in [0, 0.05) is 23.7 Å². The van der Waals surface area contributed by atoms with Crippen LogP contribution in [-0.2, 0) is 9.59 Å². The minimum atomic E-state index is -0.365. The number of anilines is 1. The van der Waals surface area contributed by atoms with Crippen LogP contribution in [0.25, 0.3) is 0 Å². The van der Waals surface area contributed by atoms with Crippen LogP contribution >= 0.6 is 11.6 Å². The van der Waals surface area contributed by atoms with Gasteiger partial charge in [0.15, 0.2) is 0 Å². The van der Waals surface area contributed by atoms with Gasteiger partial charge >= 0.3 is 0 Å². The zero-order valence-electron chi connectivity index (χ0n) is 12.1. The molecule has 2 aromatic rings. The predicted molar refractivity (Wildman–Crippen MR) is 84.7 cm³/mol. The summed E-state index contributed by atoms with van der Waals surface area (Å²) < 4.78 is 0. The fraction of sp³-hybridized carbons (Fsp3) is 0.235. The number of pyridine rings is 1. The average molecular weight is 315 g/mol. The lowest BCUT2D eigenvalue weighted by Crippen LogP contribution is -2.32. The van der Waals surface area contributed by atoms with Crippen LogP contribution in [0.4, 0.5) is 5.82 Å². The molecule has 0 unspecified atom stereocenters. The molecule has 2 heterocycles. The number of amides is 2. The van der Waals surface area contributed by atoms with E-state index < -0.39 is 0 Å². The molecule has 3 rings (SSSR count). The lowest BCUT2D eigenvalue weighted by molar-refractivity contribution is -0.122. The third-order valence-electron chi connectivity index (χ3n) is 4.05. The highest BCUT2D eigenvalue weighted by Gasteiger charge is 2.43. The van der Waals surface area contributed by atoms with Crippen molar-refractivity contribution >= 4 is 29.2 Å². The van der Waals surface area contributed by atoms with Gasteiger partial charge in [0.25, 0.3) is 0 Å². The summed E-state index contributed by atoms with van der Waals surface area (Å²) in [5.41, 5.74) is 1.05. The third kappa shape index (κ3) is 2.62. The Hall–Kier alpha value is -2.20. The number of imide groups is 1. The molecule has 5 heteroatoms. The second-order valence-electron chi connectivity index (χ2n) is 5.41. The van der Waals surface area contributed by atoms with Crippen molar-refractivity contribution in [1.82, 2.24) is 4.98 Å². The minimum Gasteiger partial charge on any atom is -0.274 e. The summed E-state index contributed by atoms with van der Waals surface area (Å²) in [7, 11) is 0. The second-order valence-corrected chi connectivity index (χ2v) is 5.85. The van der Waals surface area contributed by atoms with E-state index in [9.17, 15) is 9.59 Å². The number of aromatic nitrogens is 1. The van der Waals surface area contributed by atoms with Crippen molar-refractivity contribution in [2.45, 2.75) is 19.3 Å². The second kappa shape index (κ2) is 5.89. The number of halogens is 1. The predicted octanol–water partition coefficient (Wildman–Crippen LogP) is 3.42. The number of hydrogen-bond donors (Lipinski definition) is 0. The molecule has 0 N–H and O–H groups in total. The molecule has 0 bridgehead atoms. The first-order chi connectivity index (χ1) is 10.6. The maximum absolute atomic E-state index is 12.7. The summed E-state index contributed by atoms with van der Waals surface area (Å²) in [6, 6.07) is 12.9. The number of carbonyl (C=O) groups excluding carboxylic acids is 2. The molecule has 2 atom stereocenters. The van der Waals surface area contributed by atoms with Crippen molar-refractivity contribution in [3.63, 3.8) is 0 Å². The van der Waals surface area contributed by atoms with E-state index in [1.807, 2.05) is 37.3 Å². The van der Waals surface area contributed by atoms with Crippen molar-refractivity contribution in [1.29, 1.82) is 0 Å². The number of rotatable bonds is 3. The molecule has 1 fully saturated rings. The molecule has 0 saturated carbocycles. The minimum absolute atomic E-state index is 0.0261. The molecule has 4 nitrogen and oxygen atoms in total. The van der Waals surface area contributed by atoms with Crippen LogP contribution in [0.2, 0.25) is 5.02 Å². The molecule has 22 heavy (non-hydrogen) atoms. The van der Waals surface area contributed by atoms with E-state index >= 15 is 0 Å². The van der Waals surface area contributed by atoms with Gasteiger partial charge in [-0.1, -0.05) is 48.9 Å². The smallest absolute Gasteiger partial charge is 0.239 e. The maximum atomic E-state index is 12.7. The molecule has 1 aromatic heterocycles. The molecule has 1 aromatic carbocycles. The highest BCUT2D eigenvalue weighted by atomic mass is 35.5. The van der Waals surface area contributed by atoms with Crippen molar-refractivity contribution in [3.05, 3.63) is 59.2 Å². The van der Waals surface area contributed by atoms with Crippen LogP contribution in [-0.4, -0.2) is 16.8 Å². The van der Waals surface area contributed by atoms with Crippen molar-refractivity contribution in [2.75, 3.05) is 4.90 Å².